The van der Waals surface area contributed by atoms with Crippen molar-refractivity contribution in [2.75, 3.05) is 31.4 Å². The monoisotopic (exact) mass is 477 g/mol. The zero-order valence-corrected chi connectivity index (χ0v) is 19.3. The second kappa shape index (κ2) is 7.79. The highest BCUT2D eigenvalue weighted by Gasteiger charge is 2.23. The number of aromatic nitrogens is 3. The Kier molecular flexibility index (Phi) is 4.97. The molecule has 0 atom stereocenters. The maximum Gasteiger partial charge on any atom is 0.341 e. The highest BCUT2D eigenvalue weighted by molar-refractivity contribution is 6.18. The summed E-state index contributed by atoms with van der Waals surface area (Å²) in [5.74, 6) is -3.31. The number of H-pyrrole nitrogens is 1. The van der Waals surface area contributed by atoms with Crippen molar-refractivity contribution < 1.29 is 18.7 Å². The van der Waals surface area contributed by atoms with E-state index < -0.39 is 23.2 Å². The summed E-state index contributed by atoms with van der Waals surface area (Å²) in [5.41, 5.74) is 3.11. The van der Waals surface area contributed by atoms with Crippen molar-refractivity contribution in [3.8, 4) is 11.1 Å². The lowest BCUT2D eigenvalue weighted by molar-refractivity contribution is 0.0694. The summed E-state index contributed by atoms with van der Waals surface area (Å²) in [5, 5.41) is 12.7. The van der Waals surface area contributed by atoms with Crippen LogP contribution in [0.5, 0.6) is 0 Å². The first-order valence-corrected chi connectivity index (χ1v) is 10.7. The highest BCUT2D eigenvalue weighted by Crippen LogP contribution is 2.42. The Labute approximate surface area is 197 Å². The summed E-state index contributed by atoms with van der Waals surface area (Å²) in [6.45, 7) is 1.81. The van der Waals surface area contributed by atoms with Gasteiger partial charge in [0, 0.05) is 50.7 Å². The zero-order chi connectivity index (χ0) is 25.2. The Hall–Kier alpha value is -4.47. The smallest absolute Gasteiger partial charge is 0.341 e. The Morgan fingerprint density at radius 3 is 2.60 bits per heavy atom. The third-order valence-corrected chi connectivity index (χ3v) is 6.18. The van der Waals surface area contributed by atoms with Crippen molar-refractivity contribution >= 4 is 44.8 Å². The number of hydrogen-bond acceptors (Lipinski definition) is 5. The van der Waals surface area contributed by atoms with Crippen molar-refractivity contribution in [3.05, 3.63) is 69.8 Å². The summed E-state index contributed by atoms with van der Waals surface area (Å²) in [4.78, 5) is 33.7. The number of aromatic carboxylic acids is 1. The number of aromatic amines is 1. The van der Waals surface area contributed by atoms with Crippen LogP contribution < -0.4 is 15.8 Å². The molecule has 0 saturated carbocycles. The molecule has 0 bridgehead atoms. The molecule has 0 aliphatic heterocycles. The molecule has 0 amide bonds. The molecule has 0 spiro atoms. The number of benzene rings is 1. The summed E-state index contributed by atoms with van der Waals surface area (Å²) in [7, 11) is 5.16. The highest BCUT2D eigenvalue weighted by atomic mass is 19.2. The Morgan fingerprint density at radius 1 is 1.20 bits per heavy atom. The molecule has 0 radical (unpaired) electrons. The van der Waals surface area contributed by atoms with Crippen molar-refractivity contribution in [1.82, 2.24) is 14.4 Å². The topological polar surface area (TPSA) is 103 Å². The van der Waals surface area contributed by atoms with Crippen LogP contribution in [-0.2, 0) is 0 Å². The van der Waals surface area contributed by atoms with Crippen molar-refractivity contribution in [2.24, 2.45) is 0 Å². The van der Waals surface area contributed by atoms with Gasteiger partial charge in [0.2, 0.25) is 0 Å². The van der Waals surface area contributed by atoms with Gasteiger partial charge in [-0.25, -0.2) is 18.6 Å². The third-order valence-electron chi connectivity index (χ3n) is 6.18. The molecule has 3 N–H and O–H groups in total. The molecule has 5 rings (SSSR count). The van der Waals surface area contributed by atoms with Gasteiger partial charge in [0.05, 0.1) is 33.2 Å². The fraction of sp³-hybridized carbons (Fsp3) is 0.160. The van der Waals surface area contributed by atoms with Crippen molar-refractivity contribution in [1.29, 1.82) is 0 Å². The Balaban J connectivity index is 1.92. The van der Waals surface area contributed by atoms with Gasteiger partial charge in [0.25, 0.3) is 5.56 Å². The van der Waals surface area contributed by atoms with E-state index in [9.17, 15) is 19.1 Å². The van der Waals surface area contributed by atoms with E-state index in [-0.39, 0.29) is 10.9 Å². The molecule has 178 valence electrons. The van der Waals surface area contributed by atoms with Crippen LogP contribution in [0.1, 0.15) is 15.9 Å². The molecule has 10 heteroatoms. The first-order chi connectivity index (χ1) is 16.6. The minimum Gasteiger partial charge on any atom is -0.477 e. The first kappa shape index (κ1) is 22.3. The number of aryl methyl sites for hydroxylation is 1. The number of anilines is 2. The van der Waals surface area contributed by atoms with Gasteiger partial charge in [-0.05, 0) is 30.7 Å². The number of hydrogen-bond donors (Lipinski definition) is 3. The van der Waals surface area contributed by atoms with Crippen molar-refractivity contribution in [3.63, 3.8) is 0 Å². The maximum absolute atomic E-state index is 15.1. The van der Waals surface area contributed by atoms with Gasteiger partial charge in [-0.2, -0.15) is 0 Å². The molecule has 0 unspecified atom stereocenters. The molecule has 8 nitrogen and oxygen atoms in total. The summed E-state index contributed by atoms with van der Waals surface area (Å²) in [6, 6.07) is 5.79. The molecule has 0 aliphatic rings. The molecule has 1 aromatic carbocycles. The van der Waals surface area contributed by atoms with E-state index in [0.29, 0.717) is 44.6 Å². The third kappa shape index (κ3) is 3.21. The van der Waals surface area contributed by atoms with Crippen LogP contribution in [-0.4, -0.2) is 46.6 Å². The number of carbonyl (C=O) groups is 1. The first-order valence-electron chi connectivity index (χ1n) is 10.7. The second-order valence-corrected chi connectivity index (χ2v) is 8.51. The van der Waals surface area contributed by atoms with Crippen LogP contribution in [0.25, 0.3) is 38.6 Å². The Bertz CT molecular complexity index is 1750. The SMILES string of the molecule is CNc1cc(F)c(F)c2c1[nH]c1ncc(-c3cc(C)c4ccc(C(=O)O)c(=O)n4c3)c(N(C)C)c12. The largest absolute Gasteiger partial charge is 0.477 e. The average molecular weight is 477 g/mol. The minimum absolute atomic E-state index is 0.0604. The van der Waals surface area contributed by atoms with E-state index in [1.807, 2.05) is 6.07 Å². The number of rotatable bonds is 4. The van der Waals surface area contributed by atoms with Gasteiger partial charge in [0.1, 0.15) is 11.2 Å². The maximum atomic E-state index is 15.1. The van der Waals surface area contributed by atoms with Gasteiger partial charge in [-0.15, -0.1) is 0 Å². The second-order valence-electron chi connectivity index (χ2n) is 8.51. The summed E-state index contributed by atoms with van der Waals surface area (Å²) >= 11 is 0. The predicted octanol–water partition coefficient (Wildman–Crippen LogP) is 4.39. The van der Waals surface area contributed by atoms with Gasteiger partial charge in [0.15, 0.2) is 11.6 Å². The van der Waals surface area contributed by atoms with E-state index in [1.54, 1.807) is 45.2 Å². The number of carboxylic acids is 1. The van der Waals surface area contributed by atoms with Gasteiger partial charge >= 0.3 is 5.97 Å². The van der Waals surface area contributed by atoms with Crippen LogP contribution in [0.3, 0.4) is 0 Å². The number of nitrogens with zero attached hydrogens (tertiary/aromatic N) is 3. The number of halogens is 2. The van der Waals surface area contributed by atoms with Gasteiger partial charge in [-0.3, -0.25) is 9.20 Å². The molecule has 35 heavy (non-hydrogen) atoms. The lowest BCUT2D eigenvalue weighted by Crippen LogP contribution is -2.22. The number of pyridine rings is 3. The zero-order valence-electron chi connectivity index (χ0n) is 19.3. The Morgan fingerprint density at radius 2 is 1.94 bits per heavy atom. The molecular weight excluding hydrogens is 456 g/mol. The lowest BCUT2D eigenvalue weighted by atomic mass is 10.0. The number of carboxylic acid groups (broad SMARTS) is 1. The fourth-order valence-corrected chi connectivity index (χ4v) is 4.61. The quantitative estimate of drug-likeness (QED) is 0.355. The number of nitrogens with one attached hydrogen (secondary N) is 2. The van der Waals surface area contributed by atoms with Crippen LogP contribution in [0, 0.1) is 18.6 Å². The van der Waals surface area contributed by atoms with E-state index in [4.69, 9.17) is 0 Å². The van der Waals surface area contributed by atoms with Crippen LogP contribution in [0.15, 0.2) is 41.5 Å². The molecule has 0 aliphatic carbocycles. The van der Waals surface area contributed by atoms with Gasteiger partial charge < -0.3 is 20.3 Å². The number of fused-ring (bicyclic) bond motifs is 4. The van der Waals surface area contributed by atoms with Gasteiger partial charge in [-0.1, -0.05) is 0 Å². The normalized spacial score (nSPS) is 11.5. The molecule has 0 fully saturated rings. The summed E-state index contributed by atoms with van der Waals surface area (Å²) in [6.07, 6.45) is 3.13. The molecule has 4 heterocycles. The predicted molar refractivity (Wildman–Crippen MR) is 132 cm³/mol. The van der Waals surface area contributed by atoms with Crippen LogP contribution in [0.2, 0.25) is 0 Å². The van der Waals surface area contributed by atoms with E-state index in [1.165, 1.54) is 16.7 Å². The average Bonchev–Trinajstić information content (AvgIpc) is 3.20. The van der Waals surface area contributed by atoms with E-state index in [0.717, 1.165) is 11.6 Å². The van der Waals surface area contributed by atoms with E-state index >= 15 is 4.39 Å². The van der Waals surface area contributed by atoms with Crippen LogP contribution in [0.4, 0.5) is 20.2 Å². The molecule has 5 aromatic rings. The molecule has 4 aromatic heterocycles. The van der Waals surface area contributed by atoms with Crippen LogP contribution >= 0.6 is 0 Å². The minimum atomic E-state index is -1.32. The fourth-order valence-electron chi connectivity index (χ4n) is 4.61. The standard InChI is InChI=1S/C25H21F2N5O3/c1-11-7-12(10-32-17(11)6-5-13(24(32)33)25(34)35)14-9-29-23-19(22(14)31(3)4)18-20(27)15(26)8-16(28-2)21(18)30-23/h5-10,28H,1-4H3,(H,29,30)(H,34,35). The lowest BCUT2D eigenvalue weighted by Gasteiger charge is -2.20. The summed E-state index contributed by atoms with van der Waals surface area (Å²) < 4.78 is 30.9. The van der Waals surface area contributed by atoms with E-state index in [2.05, 4.69) is 15.3 Å². The molecular formula is C25H21F2N5O3. The molecule has 0 saturated heterocycles. The van der Waals surface area contributed by atoms with Crippen molar-refractivity contribution in [2.45, 2.75) is 6.92 Å².